The molecule has 0 amide bonds. The first-order valence-corrected chi connectivity index (χ1v) is 24.2. The second-order valence-electron chi connectivity index (χ2n) is 19.8. The van der Waals surface area contributed by atoms with Crippen molar-refractivity contribution in [1.82, 2.24) is 0 Å². The third-order valence-electron chi connectivity index (χ3n) is 16.0. The molecule has 0 bridgehead atoms. The van der Waals surface area contributed by atoms with Gasteiger partial charge in [0.2, 0.25) is 0 Å². The fraction of sp³-hybridized carbons (Fsp3) is 0.0746. The van der Waals surface area contributed by atoms with E-state index in [-0.39, 0.29) is 5.41 Å². The summed E-state index contributed by atoms with van der Waals surface area (Å²) in [6.45, 7) is 4.75. The summed E-state index contributed by atoms with van der Waals surface area (Å²) in [5, 5.41) is 4.62. The number of hydrogen-bond acceptors (Lipinski definition) is 2. The van der Waals surface area contributed by atoms with Crippen molar-refractivity contribution in [1.29, 1.82) is 0 Å². The topological polar surface area (TPSA) is 26.3 Å². The molecule has 2 heteroatoms. The molecule has 2 aromatic heterocycles. The molecule has 1 spiro atoms. The van der Waals surface area contributed by atoms with Crippen LogP contribution >= 0.6 is 0 Å². The second-order valence-corrected chi connectivity index (χ2v) is 19.8. The maximum Gasteiger partial charge on any atom is 0.143 e. The Kier molecular flexibility index (Phi) is 7.86. The van der Waals surface area contributed by atoms with E-state index in [4.69, 9.17) is 8.83 Å². The van der Waals surface area contributed by atoms with Crippen molar-refractivity contribution < 1.29 is 8.83 Å². The van der Waals surface area contributed by atoms with Crippen LogP contribution < -0.4 is 0 Å². The number of hydrogen-bond donors (Lipinski definition) is 0. The van der Waals surface area contributed by atoms with Crippen molar-refractivity contribution in [2.45, 2.75) is 31.1 Å². The van der Waals surface area contributed by atoms with Crippen LogP contribution in [-0.2, 0) is 17.3 Å². The predicted octanol–water partition coefficient (Wildman–Crippen LogP) is 17.6. The fourth-order valence-electron chi connectivity index (χ4n) is 12.9. The van der Waals surface area contributed by atoms with E-state index >= 15 is 0 Å². The standard InChI is InChI=1S/C67H44O2/c1-66(2)54-24-9-3-16-46(54)49-35-34-42(38-58(49)66)43(36-40-30-32-41(33-31-40)45-22-15-23-51-50-19-7-13-28-60(50)69-65(45)51)37-44-39-59-62(63-53-21-8-14-29-61(53)68-64(44)63)52-20-6-12-27-57(52)67(59)55-25-10-4-17-47(55)48-18-5-11-26-56(48)67/h3-36,38-39H,37H2,1-2H3/b43-36-. The molecule has 0 radical (unpaired) electrons. The Hall–Kier alpha value is -8.46. The Balaban J connectivity index is 0.961. The SMILES string of the molecule is CC1(C)c2ccccc2-c2ccc(/C(=C\c3ccc(-c4cccc5c4oc4ccccc45)cc3)Cc3cc4c(c5c3oc3ccccc35)-c3ccccc3C43c4ccccc4-c4ccccc43)cc21. The Bertz CT molecular complexity index is 4140. The maximum atomic E-state index is 7.14. The van der Waals surface area contributed by atoms with Gasteiger partial charge in [-0.2, -0.15) is 0 Å². The predicted molar refractivity (Wildman–Crippen MR) is 285 cm³/mol. The summed E-state index contributed by atoms with van der Waals surface area (Å²) >= 11 is 0. The first-order valence-electron chi connectivity index (χ1n) is 24.2. The van der Waals surface area contributed by atoms with Gasteiger partial charge in [0, 0.05) is 44.5 Å². The summed E-state index contributed by atoms with van der Waals surface area (Å²) in [4.78, 5) is 0. The minimum absolute atomic E-state index is 0.145. The molecule has 0 saturated heterocycles. The highest BCUT2D eigenvalue weighted by Crippen LogP contribution is 2.64. The number of para-hydroxylation sites is 3. The Morgan fingerprint density at radius 1 is 0.420 bits per heavy atom. The minimum Gasteiger partial charge on any atom is -0.456 e. The van der Waals surface area contributed by atoms with Gasteiger partial charge in [-0.3, -0.25) is 0 Å². The summed E-state index contributed by atoms with van der Waals surface area (Å²) in [6.07, 6.45) is 3.07. The first-order chi connectivity index (χ1) is 34.0. The molecule has 69 heavy (non-hydrogen) atoms. The van der Waals surface area contributed by atoms with E-state index < -0.39 is 5.41 Å². The average Bonchev–Trinajstić information content (AvgIpc) is 4.18. The van der Waals surface area contributed by atoms with Crippen LogP contribution in [0.15, 0.2) is 221 Å². The highest BCUT2D eigenvalue weighted by molar-refractivity contribution is 6.17. The Labute approximate surface area is 400 Å². The van der Waals surface area contributed by atoms with Gasteiger partial charge in [-0.05, 0) is 113 Å². The van der Waals surface area contributed by atoms with Crippen molar-refractivity contribution in [3.8, 4) is 44.5 Å². The smallest absolute Gasteiger partial charge is 0.143 e. The quantitative estimate of drug-likeness (QED) is 0.161. The fourth-order valence-corrected chi connectivity index (χ4v) is 12.9. The molecule has 0 saturated carbocycles. The van der Waals surface area contributed by atoms with E-state index in [0.717, 1.165) is 55.2 Å². The Morgan fingerprint density at radius 3 is 1.68 bits per heavy atom. The number of allylic oxidation sites excluding steroid dienone is 1. The van der Waals surface area contributed by atoms with Crippen molar-refractivity contribution in [2.75, 3.05) is 0 Å². The van der Waals surface area contributed by atoms with E-state index in [9.17, 15) is 0 Å². The minimum atomic E-state index is -0.494. The van der Waals surface area contributed by atoms with Crippen LogP contribution in [0.25, 0.3) is 100 Å². The lowest BCUT2D eigenvalue weighted by Crippen LogP contribution is -2.26. The first kappa shape index (κ1) is 38.6. The molecule has 15 rings (SSSR count). The van der Waals surface area contributed by atoms with Crippen molar-refractivity contribution in [2.24, 2.45) is 0 Å². The number of furan rings is 2. The van der Waals surface area contributed by atoms with Crippen LogP contribution in [0.2, 0.25) is 0 Å². The molecule has 0 unspecified atom stereocenters. The van der Waals surface area contributed by atoms with Crippen molar-refractivity contribution in [3.63, 3.8) is 0 Å². The third-order valence-corrected chi connectivity index (χ3v) is 16.0. The normalized spacial score (nSPS) is 14.6. The van der Waals surface area contributed by atoms with Gasteiger partial charge in [0.1, 0.15) is 22.3 Å². The molecule has 3 aliphatic rings. The van der Waals surface area contributed by atoms with Crippen LogP contribution in [0.3, 0.4) is 0 Å². The van der Waals surface area contributed by atoms with Crippen LogP contribution in [0.4, 0.5) is 0 Å². The molecule has 0 fully saturated rings. The van der Waals surface area contributed by atoms with Gasteiger partial charge in [0.05, 0.1) is 5.41 Å². The molecular formula is C67H44O2. The van der Waals surface area contributed by atoms with Gasteiger partial charge >= 0.3 is 0 Å². The molecule has 324 valence electrons. The van der Waals surface area contributed by atoms with Gasteiger partial charge in [0.15, 0.2) is 0 Å². The number of benzene rings is 10. The van der Waals surface area contributed by atoms with Crippen LogP contribution in [-0.4, -0.2) is 0 Å². The molecule has 3 aliphatic carbocycles. The third kappa shape index (κ3) is 5.21. The van der Waals surface area contributed by atoms with Crippen LogP contribution in [0, 0.1) is 0 Å². The molecule has 2 nitrogen and oxygen atoms in total. The highest BCUT2D eigenvalue weighted by Gasteiger charge is 2.52. The van der Waals surface area contributed by atoms with Gasteiger partial charge in [-0.1, -0.05) is 208 Å². The van der Waals surface area contributed by atoms with Crippen molar-refractivity contribution in [3.05, 3.63) is 262 Å². The zero-order valence-electron chi connectivity index (χ0n) is 38.3. The molecule has 0 aliphatic heterocycles. The summed E-state index contributed by atoms with van der Waals surface area (Å²) in [7, 11) is 0. The van der Waals surface area contributed by atoms with E-state index in [1.165, 1.54) is 88.8 Å². The zero-order chi connectivity index (χ0) is 45.6. The largest absolute Gasteiger partial charge is 0.456 e. The molecular weight excluding hydrogens is 837 g/mol. The summed E-state index contributed by atoms with van der Waals surface area (Å²) in [6, 6.07) is 78.4. The maximum absolute atomic E-state index is 7.14. The molecule has 12 aromatic rings. The van der Waals surface area contributed by atoms with E-state index in [1.807, 2.05) is 6.07 Å². The van der Waals surface area contributed by atoms with E-state index in [0.29, 0.717) is 6.42 Å². The van der Waals surface area contributed by atoms with E-state index in [1.54, 1.807) is 0 Å². The van der Waals surface area contributed by atoms with Gasteiger partial charge in [0.25, 0.3) is 0 Å². The lowest BCUT2D eigenvalue weighted by atomic mass is 9.70. The summed E-state index contributed by atoms with van der Waals surface area (Å²) < 4.78 is 13.6. The summed E-state index contributed by atoms with van der Waals surface area (Å²) in [5.74, 6) is 0. The van der Waals surface area contributed by atoms with Gasteiger partial charge in [-0.15, -0.1) is 0 Å². The lowest BCUT2D eigenvalue weighted by molar-refractivity contribution is 0.660. The molecule has 10 aromatic carbocycles. The zero-order valence-corrected chi connectivity index (χ0v) is 38.3. The van der Waals surface area contributed by atoms with Crippen LogP contribution in [0.5, 0.6) is 0 Å². The number of fused-ring (bicyclic) bond motifs is 20. The van der Waals surface area contributed by atoms with Crippen molar-refractivity contribution >= 4 is 55.5 Å². The van der Waals surface area contributed by atoms with Gasteiger partial charge in [-0.25, -0.2) is 0 Å². The molecule has 0 N–H and O–H groups in total. The van der Waals surface area contributed by atoms with E-state index in [2.05, 4.69) is 226 Å². The molecule has 0 atom stereocenters. The highest BCUT2D eigenvalue weighted by atomic mass is 16.3. The molecule has 2 heterocycles. The second kappa shape index (κ2) is 14.0. The van der Waals surface area contributed by atoms with Crippen LogP contribution in [0.1, 0.15) is 63.9 Å². The number of rotatable bonds is 5. The lowest BCUT2D eigenvalue weighted by Gasteiger charge is -2.30. The monoisotopic (exact) mass is 880 g/mol. The Morgan fingerprint density at radius 2 is 0.957 bits per heavy atom. The average molecular weight is 881 g/mol. The van der Waals surface area contributed by atoms with Gasteiger partial charge < -0.3 is 8.83 Å². The summed E-state index contributed by atoms with van der Waals surface area (Å²) in [5.41, 5.74) is 25.9.